The van der Waals surface area contributed by atoms with Gasteiger partial charge in [0, 0.05) is 60.9 Å². The maximum absolute atomic E-state index is 17.0. The number of nitrogens with one attached hydrogen (secondary N) is 6. The molecular weight excluding hydrogens is 719 g/mol. The molecule has 2 aliphatic heterocycles. The molecule has 2 heterocycles. The smallest absolute Gasteiger partial charge is 0.131 e. The highest BCUT2D eigenvalue weighted by Gasteiger charge is 2.24. The number of rotatable bonds is 20. The molecule has 5 rings (SSSR count). The minimum atomic E-state index is -0.999. The number of nitrogens with zero attached hydrogens (tertiary/aromatic N) is 1. The Bertz CT molecular complexity index is 1920. The van der Waals surface area contributed by atoms with E-state index in [-0.39, 0.29) is 19.0 Å². The van der Waals surface area contributed by atoms with Gasteiger partial charge in [-0.1, -0.05) is 49.9 Å². The van der Waals surface area contributed by atoms with Crippen LogP contribution in [0.2, 0.25) is 0 Å². The summed E-state index contributed by atoms with van der Waals surface area (Å²) in [5.41, 5.74) is 22.4. The molecule has 2 aromatic carbocycles. The quantitative estimate of drug-likeness (QED) is 0.0183. The van der Waals surface area contributed by atoms with Gasteiger partial charge in [-0.2, -0.15) is 0 Å². The van der Waals surface area contributed by atoms with E-state index in [2.05, 4.69) is 86.8 Å². The summed E-state index contributed by atoms with van der Waals surface area (Å²) < 4.78 is 36.8. The van der Waals surface area contributed by atoms with Crippen LogP contribution in [-0.4, -0.2) is 65.4 Å². The number of fused-ring (bicyclic) bond motifs is 2. The van der Waals surface area contributed by atoms with Gasteiger partial charge in [-0.15, -0.1) is 0 Å². The molecule has 0 saturated carbocycles. The van der Waals surface area contributed by atoms with Crippen molar-refractivity contribution in [1.29, 1.82) is 0 Å². The van der Waals surface area contributed by atoms with Crippen molar-refractivity contribution >= 4 is 35.4 Å². The largest absolute Gasteiger partial charge is 0.504 e. The third-order valence-corrected chi connectivity index (χ3v) is 10.3. The molecule has 0 aromatic heterocycles. The number of nitrogens with two attached hydrogens (primary N) is 1. The molecule has 2 unspecified atom stereocenters. The number of alkyl halides is 1. The van der Waals surface area contributed by atoms with Crippen LogP contribution in [0, 0.1) is 5.82 Å². The van der Waals surface area contributed by atoms with E-state index >= 15 is 4.39 Å². The van der Waals surface area contributed by atoms with Crippen molar-refractivity contribution in [3.8, 4) is 0 Å². The zero-order valence-corrected chi connectivity index (χ0v) is 33.5. The maximum Gasteiger partial charge on any atom is 0.131 e. The highest BCUT2D eigenvalue weighted by atomic mass is 19.1. The van der Waals surface area contributed by atoms with Crippen LogP contribution in [0.5, 0.6) is 0 Å². The lowest BCUT2D eigenvalue weighted by Gasteiger charge is -2.22. The molecule has 8 N–H and O–H groups in total. The topological polar surface area (TPSA) is 120 Å². The van der Waals surface area contributed by atoms with Crippen LogP contribution < -0.4 is 37.9 Å². The Hall–Kier alpha value is -5.07. The van der Waals surface area contributed by atoms with E-state index in [4.69, 9.17) is 10.5 Å². The number of halogens is 2. The SMILES string of the molecule is C=C/C=C(\C=C/OC)C1=CC=C(/C2=C\c3cc(/C(=C/CCC(F)CNNCC)NCN)ccc3NCCc3cc(/C(=C/N=C)NCC4CCCN4)cc(F)c32)CC1. The molecule has 0 spiro atoms. The van der Waals surface area contributed by atoms with E-state index in [0.29, 0.717) is 50.4 Å². The summed E-state index contributed by atoms with van der Waals surface area (Å²) in [6, 6.07) is 10.2. The number of hydrazine groups is 1. The summed E-state index contributed by atoms with van der Waals surface area (Å²) in [5.74, 6) is -0.301. The molecule has 9 nitrogen and oxygen atoms in total. The average molecular weight is 779 g/mol. The number of benzene rings is 2. The lowest BCUT2D eigenvalue weighted by molar-refractivity contribution is 0.291. The number of anilines is 1. The molecule has 2 atom stereocenters. The van der Waals surface area contributed by atoms with Crippen molar-refractivity contribution in [3.63, 3.8) is 0 Å². The van der Waals surface area contributed by atoms with Gasteiger partial charge in [0.2, 0.25) is 0 Å². The lowest BCUT2D eigenvalue weighted by Crippen LogP contribution is -2.36. The summed E-state index contributed by atoms with van der Waals surface area (Å²) in [6.07, 6.45) is 21.5. The summed E-state index contributed by atoms with van der Waals surface area (Å²) in [4.78, 5) is 4.07. The minimum absolute atomic E-state index is 0.220. The second-order valence-corrected chi connectivity index (χ2v) is 14.3. The standard InChI is InChI=1S/C46H60F2N8O/c1-5-9-32(20-23-57-4)33-13-15-34(16-14-33)41-26-37-24-35(43(54-31-49)12-7-10-39(47)28-56-55-6-2)17-18-44(37)52-22-19-36-25-38(27-42(48)46(36)41)45(30-50-3)53-29-40-11-8-21-51-40/h5,9,12-13,15,17-18,20,23-27,30,39-40,51-56H,1,3,6-8,10-11,14,16,19,21-22,28-29,31,49H2,2,4H3/b23-20-,32-9+,41-26+,43-12-,45-30-. The summed E-state index contributed by atoms with van der Waals surface area (Å²) in [5, 5.41) is 13.9. The Morgan fingerprint density at radius 1 is 1.09 bits per heavy atom. The Balaban J connectivity index is 1.59. The maximum atomic E-state index is 17.0. The summed E-state index contributed by atoms with van der Waals surface area (Å²) in [7, 11) is 1.62. The summed E-state index contributed by atoms with van der Waals surface area (Å²) >= 11 is 0. The molecule has 0 amide bonds. The fourth-order valence-electron chi connectivity index (χ4n) is 7.48. The first-order chi connectivity index (χ1) is 27.9. The van der Waals surface area contributed by atoms with Gasteiger partial charge in [-0.3, -0.25) is 15.8 Å². The van der Waals surface area contributed by atoms with Gasteiger partial charge < -0.3 is 31.7 Å². The van der Waals surface area contributed by atoms with Crippen molar-refractivity contribution in [2.24, 2.45) is 10.7 Å². The molecule has 304 valence electrons. The van der Waals surface area contributed by atoms with Crippen LogP contribution in [0.25, 0.3) is 23.0 Å². The molecule has 57 heavy (non-hydrogen) atoms. The van der Waals surface area contributed by atoms with Crippen LogP contribution in [0.3, 0.4) is 0 Å². The van der Waals surface area contributed by atoms with Crippen LogP contribution in [0.4, 0.5) is 14.5 Å². The van der Waals surface area contributed by atoms with Crippen molar-refractivity contribution < 1.29 is 13.5 Å². The molecule has 1 aliphatic carbocycles. The fourth-order valence-corrected chi connectivity index (χ4v) is 7.48. The predicted molar refractivity (Wildman–Crippen MR) is 235 cm³/mol. The highest BCUT2D eigenvalue weighted by molar-refractivity contribution is 5.96. The van der Waals surface area contributed by atoms with Gasteiger partial charge in [0.1, 0.15) is 12.0 Å². The van der Waals surface area contributed by atoms with Crippen molar-refractivity contribution in [2.45, 2.75) is 64.1 Å². The molecular formula is C46H60F2N8O. The van der Waals surface area contributed by atoms with E-state index in [1.54, 1.807) is 31.7 Å². The second-order valence-electron chi connectivity index (χ2n) is 14.3. The first kappa shape index (κ1) is 43.1. The molecule has 0 radical (unpaired) electrons. The fraction of sp³-hybridized carbons (Fsp3) is 0.370. The first-order valence-corrected chi connectivity index (χ1v) is 20.1. The second kappa shape index (κ2) is 22.6. The molecule has 11 heteroatoms. The highest BCUT2D eigenvalue weighted by Crippen LogP contribution is 2.40. The van der Waals surface area contributed by atoms with Gasteiger partial charge in [0.25, 0.3) is 0 Å². The average Bonchev–Trinajstić information content (AvgIpc) is 3.76. The lowest BCUT2D eigenvalue weighted by atomic mass is 9.83. The third-order valence-electron chi connectivity index (χ3n) is 10.3. The van der Waals surface area contributed by atoms with Crippen LogP contribution in [0.15, 0.2) is 108 Å². The van der Waals surface area contributed by atoms with Crippen LogP contribution in [0.1, 0.15) is 73.3 Å². The van der Waals surface area contributed by atoms with Crippen molar-refractivity contribution in [1.82, 2.24) is 26.8 Å². The Morgan fingerprint density at radius 2 is 1.96 bits per heavy atom. The number of hydrogen-bond donors (Lipinski definition) is 7. The molecule has 2 aromatic rings. The Morgan fingerprint density at radius 3 is 2.68 bits per heavy atom. The third kappa shape index (κ3) is 12.2. The normalized spacial score (nSPS) is 19.1. The van der Waals surface area contributed by atoms with Crippen molar-refractivity contribution in [2.75, 3.05) is 51.8 Å². The monoisotopic (exact) mass is 778 g/mol. The van der Waals surface area contributed by atoms with E-state index in [0.717, 1.165) is 94.0 Å². The number of methoxy groups -OCH3 is 1. The van der Waals surface area contributed by atoms with Gasteiger partial charge >= 0.3 is 0 Å². The molecule has 3 aliphatic rings. The van der Waals surface area contributed by atoms with E-state index in [9.17, 15) is 4.39 Å². The van der Waals surface area contributed by atoms with E-state index in [1.165, 1.54) is 0 Å². The first-order valence-electron chi connectivity index (χ1n) is 20.1. The molecule has 0 bridgehead atoms. The van der Waals surface area contributed by atoms with Gasteiger partial charge in [0.05, 0.1) is 25.7 Å². The minimum Gasteiger partial charge on any atom is -0.504 e. The Labute approximate surface area is 337 Å². The predicted octanol–water partition coefficient (Wildman–Crippen LogP) is 7.67. The van der Waals surface area contributed by atoms with Gasteiger partial charge in [-0.05, 0) is 134 Å². The Kier molecular flexibility index (Phi) is 17.1. The number of ether oxygens (including phenoxy) is 1. The zero-order chi connectivity index (χ0) is 40.4. The van der Waals surface area contributed by atoms with E-state index < -0.39 is 6.17 Å². The molecule has 1 saturated heterocycles. The number of allylic oxidation sites excluding steroid dienone is 10. The van der Waals surface area contributed by atoms with Gasteiger partial charge in [-0.25, -0.2) is 8.78 Å². The zero-order valence-electron chi connectivity index (χ0n) is 33.5. The summed E-state index contributed by atoms with van der Waals surface area (Å²) in [6.45, 7) is 13.0. The molecule has 1 fully saturated rings. The number of aliphatic imine (C=N–C) groups is 1. The van der Waals surface area contributed by atoms with E-state index in [1.807, 2.05) is 31.2 Å². The van der Waals surface area contributed by atoms with Crippen LogP contribution >= 0.6 is 0 Å². The number of hydrogen-bond acceptors (Lipinski definition) is 9. The van der Waals surface area contributed by atoms with Crippen LogP contribution in [-0.2, 0) is 11.2 Å². The van der Waals surface area contributed by atoms with Gasteiger partial charge in [0.15, 0.2) is 0 Å². The van der Waals surface area contributed by atoms with Crippen molar-refractivity contribution in [3.05, 3.63) is 136 Å².